The molecule has 0 spiro atoms. The Morgan fingerprint density at radius 1 is 1.04 bits per heavy atom. The molecule has 0 aliphatic carbocycles. The molecule has 0 atom stereocenters. The van der Waals surface area contributed by atoms with Gasteiger partial charge in [0.1, 0.15) is 0 Å². The van der Waals surface area contributed by atoms with Crippen LogP contribution in [-0.4, -0.2) is 23.5 Å². The highest BCUT2D eigenvalue weighted by molar-refractivity contribution is 7.80. The second-order valence-corrected chi connectivity index (χ2v) is 5.89. The van der Waals surface area contributed by atoms with Crippen LogP contribution in [0, 0.1) is 6.92 Å². The minimum Gasteiger partial charge on any atom is -0.358 e. The van der Waals surface area contributed by atoms with Gasteiger partial charge in [-0.3, -0.25) is 20.4 Å². The zero-order valence-electron chi connectivity index (χ0n) is 14.3. The van der Waals surface area contributed by atoms with Crippen molar-refractivity contribution in [3.63, 3.8) is 0 Å². The largest absolute Gasteiger partial charge is 0.358 e. The number of benzene rings is 2. The van der Waals surface area contributed by atoms with Crippen LogP contribution in [0.25, 0.3) is 0 Å². The van der Waals surface area contributed by atoms with E-state index in [4.69, 9.17) is 12.2 Å². The third-order valence-corrected chi connectivity index (χ3v) is 3.63. The van der Waals surface area contributed by atoms with E-state index in [0.29, 0.717) is 28.5 Å². The van der Waals surface area contributed by atoms with E-state index in [2.05, 4.69) is 28.1 Å². The van der Waals surface area contributed by atoms with E-state index >= 15 is 0 Å². The summed E-state index contributed by atoms with van der Waals surface area (Å²) in [5.74, 6) is -0.546. The fourth-order valence-corrected chi connectivity index (χ4v) is 2.22. The van der Waals surface area contributed by atoms with Crippen molar-refractivity contribution in [3.05, 3.63) is 77.9 Å². The second-order valence-electron chi connectivity index (χ2n) is 5.48. The third kappa shape index (κ3) is 5.71. The van der Waals surface area contributed by atoms with Gasteiger partial charge in [0.2, 0.25) is 0 Å². The molecule has 0 saturated heterocycles. The number of thiocarbonyl (C=S) groups is 1. The number of nitrogens with one attached hydrogen (secondary N) is 4. The quantitative estimate of drug-likeness (QED) is 0.370. The topological polar surface area (TPSA) is 82.3 Å². The lowest BCUT2D eigenvalue weighted by Crippen LogP contribution is -2.46. The lowest BCUT2D eigenvalue weighted by Gasteiger charge is -2.11. The van der Waals surface area contributed by atoms with Crippen molar-refractivity contribution in [2.75, 3.05) is 11.9 Å². The van der Waals surface area contributed by atoms with Gasteiger partial charge in [-0.2, -0.15) is 0 Å². The molecule has 2 aromatic rings. The highest BCUT2D eigenvalue weighted by atomic mass is 32.1. The summed E-state index contributed by atoms with van der Waals surface area (Å²) in [4.78, 5) is 24.3. The van der Waals surface area contributed by atoms with Crippen LogP contribution in [0.5, 0.6) is 0 Å². The Morgan fingerprint density at radius 2 is 1.77 bits per heavy atom. The molecule has 0 heterocycles. The summed E-state index contributed by atoms with van der Waals surface area (Å²) in [5, 5.41) is 5.92. The van der Waals surface area contributed by atoms with Crippen molar-refractivity contribution in [2.45, 2.75) is 6.92 Å². The van der Waals surface area contributed by atoms with Gasteiger partial charge >= 0.3 is 0 Å². The van der Waals surface area contributed by atoms with E-state index in [1.165, 1.54) is 0 Å². The number of amides is 2. The van der Waals surface area contributed by atoms with Gasteiger partial charge < -0.3 is 10.6 Å². The van der Waals surface area contributed by atoms with E-state index < -0.39 is 0 Å². The van der Waals surface area contributed by atoms with E-state index in [0.717, 1.165) is 5.56 Å². The van der Waals surface area contributed by atoms with Crippen LogP contribution >= 0.6 is 12.2 Å². The molecule has 0 aliphatic rings. The molecule has 134 valence electrons. The van der Waals surface area contributed by atoms with Crippen LogP contribution < -0.4 is 21.5 Å². The monoisotopic (exact) mass is 368 g/mol. The molecular formula is C19H20N4O2S. The molecular weight excluding hydrogens is 348 g/mol. The number of carbonyl (C=O) groups excluding carboxylic acids is 2. The maximum atomic E-state index is 12.2. The molecule has 0 radical (unpaired) electrons. The predicted octanol–water partition coefficient (Wildman–Crippen LogP) is 2.54. The van der Waals surface area contributed by atoms with Crippen molar-refractivity contribution in [2.24, 2.45) is 0 Å². The molecule has 2 rings (SSSR count). The van der Waals surface area contributed by atoms with Gasteiger partial charge in [-0.1, -0.05) is 23.8 Å². The van der Waals surface area contributed by atoms with Crippen LogP contribution in [0.2, 0.25) is 0 Å². The first-order valence-electron chi connectivity index (χ1n) is 7.93. The predicted molar refractivity (Wildman–Crippen MR) is 107 cm³/mol. The second kappa shape index (κ2) is 9.33. The fourth-order valence-electron chi connectivity index (χ4n) is 2.09. The van der Waals surface area contributed by atoms with Crippen molar-refractivity contribution in [1.29, 1.82) is 0 Å². The minimum atomic E-state index is -0.343. The first-order chi connectivity index (χ1) is 12.5. The molecule has 0 saturated carbocycles. The van der Waals surface area contributed by atoms with Crippen molar-refractivity contribution < 1.29 is 9.59 Å². The molecule has 26 heavy (non-hydrogen) atoms. The molecule has 7 heteroatoms. The first-order valence-corrected chi connectivity index (χ1v) is 8.33. The van der Waals surface area contributed by atoms with Crippen molar-refractivity contribution in [1.82, 2.24) is 16.2 Å². The van der Waals surface area contributed by atoms with Crippen LogP contribution in [-0.2, 0) is 0 Å². The van der Waals surface area contributed by atoms with E-state index in [1.54, 1.807) is 36.4 Å². The molecule has 6 nitrogen and oxygen atoms in total. The minimum absolute atomic E-state index is 0.203. The lowest BCUT2D eigenvalue weighted by molar-refractivity contribution is 0.0943. The number of hydrazine groups is 1. The molecule has 0 aliphatic heterocycles. The number of aryl methyl sites for hydroxylation is 1. The van der Waals surface area contributed by atoms with Gasteiger partial charge in [-0.05, 0) is 55.5 Å². The Hall–Kier alpha value is -3.19. The summed E-state index contributed by atoms with van der Waals surface area (Å²) in [6, 6.07) is 13.9. The summed E-state index contributed by atoms with van der Waals surface area (Å²) in [5.41, 5.74) is 7.70. The Morgan fingerprint density at radius 3 is 2.42 bits per heavy atom. The van der Waals surface area contributed by atoms with E-state index in [-0.39, 0.29) is 11.8 Å². The van der Waals surface area contributed by atoms with Crippen molar-refractivity contribution >= 4 is 34.8 Å². The third-order valence-electron chi connectivity index (χ3n) is 3.38. The van der Waals surface area contributed by atoms with Gasteiger partial charge in [0, 0.05) is 23.4 Å². The summed E-state index contributed by atoms with van der Waals surface area (Å²) in [6.45, 7) is 5.98. The van der Waals surface area contributed by atoms with Crippen LogP contribution in [0.4, 0.5) is 5.69 Å². The summed E-state index contributed by atoms with van der Waals surface area (Å²) in [6.07, 6.45) is 1.65. The Balaban J connectivity index is 1.91. The van der Waals surface area contributed by atoms with Gasteiger partial charge in [0.25, 0.3) is 11.8 Å². The molecule has 0 unspecified atom stereocenters. The normalized spacial score (nSPS) is 9.73. The fraction of sp³-hybridized carbons (Fsp3) is 0.105. The Bertz CT molecular complexity index is 819. The van der Waals surface area contributed by atoms with Gasteiger partial charge in [-0.15, -0.1) is 6.58 Å². The maximum absolute atomic E-state index is 12.2. The Labute approximate surface area is 157 Å². The number of rotatable bonds is 5. The van der Waals surface area contributed by atoms with Gasteiger partial charge in [-0.25, -0.2) is 0 Å². The number of hydrogen-bond acceptors (Lipinski definition) is 3. The Kier molecular flexibility index (Phi) is 6.87. The van der Waals surface area contributed by atoms with Gasteiger partial charge in [0.15, 0.2) is 5.11 Å². The maximum Gasteiger partial charge on any atom is 0.269 e. The van der Waals surface area contributed by atoms with Crippen LogP contribution in [0.1, 0.15) is 26.3 Å². The number of hydrogen-bond donors (Lipinski definition) is 4. The molecule has 0 bridgehead atoms. The van der Waals surface area contributed by atoms with Crippen LogP contribution in [0.3, 0.4) is 0 Å². The van der Waals surface area contributed by atoms with Gasteiger partial charge in [0.05, 0.1) is 0 Å². The molecule has 2 aromatic carbocycles. The SMILES string of the molecule is C=CCNC(=S)NNC(=O)c1ccc(NC(=O)c2cccc(C)c2)cc1. The van der Waals surface area contributed by atoms with Crippen LogP contribution in [0.15, 0.2) is 61.2 Å². The van der Waals surface area contributed by atoms with Crippen molar-refractivity contribution in [3.8, 4) is 0 Å². The zero-order chi connectivity index (χ0) is 18.9. The summed E-state index contributed by atoms with van der Waals surface area (Å²) >= 11 is 4.98. The summed E-state index contributed by atoms with van der Waals surface area (Å²) < 4.78 is 0. The summed E-state index contributed by atoms with van der Waals surface area (Å²) in [7, 11) is 0. The molecule has 4 N–H and O–H groups in total. The lowest BCUT2D eigenvalue weighted by atomic mass is 10.1. The molecule has 2 amide bonds. The average molecular weight is 368 g/mol. The number of anilines is 1. The van der Waals surface area contributed by atoms with E-state index in [9.17, 15) is 9.59 Å². The first kappa shape index (κ1) is 19.1. The standard InChI is InChI=1S/C19H20N4O2S/c1-3-11-20-19(26)23-22-18(25)14-7-9-16(10-8-14)21-17(24)15-6-4-5-13(2)12-15/h3-10,12H,1,11H2,2H3,(H,21,24)(H,22,25)(H2,20,23,26). The number of carbonyl (C=O) groups is 2. The average Bonchev–Trinajstić information content (AvgIpc) is 2.65. The zero-order valence-corrected chi connectivity index (χ0v) is 15.2. The van der Waals surface area contributed by atoms with E-state index in [1.807, 2.05) is 25.1 Å². The highest BCUT2D eigenvalue weighted by Crippen LogP contribution is 2.12. The highest BCUT2D eigenvalue weighted by Gasteiger charge is 2.08. The molecule has 0 aromatic heterocycles. The smallest absolute Gasteiger partial charge is 0.269 e. The molecule has 0 fully saturated rings.